The lowest BCUT2D eigenvalue weighted by Gasteiger charge is -2.16. The summed E-state index contributed by atoms with van der Waals surface area (Å²) in [6, 6.07) is 19.8. The standard InChI is InChI=1S/C17H17O2P/c18-14-8-7-13-17(19)20(15-9-3-1-4-10-15)16-11-5-2-6-12-16/h1-6,9-12,14H,7-8,13H2. The minimum atomic E-state index is -0.984. The molecule has 0 spiro atoms. The van der Waals surface area contributed by atoms with Gasteiger partial charge in [-0.2, -0.15) is 0 Å². The molecule has 0 aliphatic carbocycles. The minimum Gasteiger partial charge on any atom is -0.303 e. The molecule has 0 radical (unpaired) electrons. The van der Waals surface area contributed by atoms with E-state index in [0.29, 0.717) is 19.3 Å². The van der Waals surface area contributed by atoms with Crippen molar-refractivity contribution in [2.24, 2.45) is 0 Å². The minimum absolute atomic E-state index is 0.235. The average Bonchev–Trinajstić information content (AvgIpc) is 2.50. The molecule has 0 bridgehead atoms. The fraction of sp³-hybridized carbons (Fsp3) is 0.176. The molecule has 0 fully saturated rings. The van der Waals surface area contributed by atoms with E-state index < -0.39 is 7.92 Å². The predicted molar refractivity (Wildman–Crippen MR) is 84.0 cm³/mol. The van der Waals surface area contributed by atoms with Gasteiger partial charge in [0, 0.05) is 20.8 Å². The van der Waals surface area contributed by atoms with Crippen LogP contribution >= 0.6 is 7.92 Å². The highest BCUT2D eigenvalue weighted by Gasteiger charge is 2.21. The van der Waals surface area contributed by atoms with Crippen molar-refractivity contribution < 1.29 is 9.59 Å². The maximum atomic E-state index is 12.5. The van der Waals surface area contributed by atoms with Crippen LogP contribution in [0, 0.1) is 0 Å². The van der Waals surface area contributed by atoms with Gasteiger partial charge in [0.05, 0.1) is 0 Å². The summed E-state index contributed by atoms with van der Waals surface area (Å²) in [4.78, 5) is 22.9. The molecule has 2 nitrogen and oxygen atoms in total. The van der Waals surface area contributed by atoms with E-state index in [2.05, 4.69) is 0 Å². The van der Waals surface area contributed by atoms with E-state index in [0.717, 1.165) is 16.9 Å². The third-order valence-corrected chi connectivity index (χ3v) is 5.34. The number of aldehydes is 1. The summed E-state index contributed by atoms with van der Waals surface area (Å²) in [5.74, 6) is 0. The zero-order valence-corrected chi connectivity index (χ0v) is 12.1. The van der Waals surface area contributed by atoms with E-state index >= 15 is 0 Å². The van der Waals surface area contributed by atoms with Gasteiger partial charge in [0.25, 0.3) is 0 Å². The summed E-state index contributed by atoms with van der Waals surface area (Å²) in [6.45, 7) is 0. The van der Waals surface area contributed by atoms with E-state index in [9.17, 15) is 9.59 Å². The molecule has 0 heterocycles. The van der Waals surface area contributed by atoms with Crippen molar-refractivity contribution >= 4 is 30.3 Å². The van der Waals surface area contributed by atoms with Gasteiger partial charge in [-0.15, -0.1) is 0 Å². The van der Waals surface area contributed by atoms with Crippen LogP contribution in [0.15, 0.2) is 60.7 Å². The van der Waals surface area contributed by atoms with E-state index in [4.69, 9.17) is 0 Å². The molecule has 0 amide bonds. The summed E-state index contributed by atoms with van der Waals surface area (Å²) in [7, 11) is -0.984. The van der Waals surface area contributed by atoms with Crippen LogP contribution in [0.4, 0.5) is 0 Å². The maximum Gasteiger partial charge on any atom is 0.163 e. The van der Waals surface area contributed by atoms with Crippen LogP contribution in [-0.2, 0) is 9.59 Å². The van der Waals surface area contributed by atoms with Crippen LogP contribution in [0.3, 0.4) is 0 Å². The normalized spacial score (nSPS) is 10.4. The first-order chi connectivity index (χ1) is 9.83. The number of unbranched alkanes of at least 4 members (excludes halogenated alkanes) is 1. The number of carbonyl (C=O) groups excluding carboxylic acids is 2. The quantitative estimate of drug-likeness (QED) is 0.445. The Kier molecular flexibility index (Phi) is 5.64. The molecular formula is C17H17O2P. The van der Waals surface area contributed by atoms with Crippen molar-refractivity contribution in [3.8, 4) is 0 Å². The topological polar surface area (TPSA) is 34.1 Å². The van der Waals surface area contributed by atoms with E-state index in [-0.39, 0.29) is 5.52 Å². The van der Waals surface area contributed by atoms with Crippen molar-refractivity contribution in [3.63, 3.8) is 0 Å². The molecule has 0 N–H and O–H groups in total. The second kappa shape index (κ2) is 7.72. The Labute approximate surface area is 120 Å². The van der Waals surface area contributed by atoms with E-state index in [1.807, 2.05) is 60.7 Å². The second-order valence-corrected chi connectivity index (χ2v) is 6.66. The van der Waals surface area contributed by atoms with Gasteiger partial charge in [-0.25, -0.2) is 0 Å². The summed E-state index contributed by atoms with van der Waals surface area (Å²) in [5, 5.41) is 2.15. The summed E-state index contributed by atoms with van der Waals surface area (Å²) >= 11 is 0. The molecule has 0 saturated carbocycles. The number of rotatable bonds is 7. The third-order valence-electron chi connectivity index (χ3n) is 2.99. The molecule has 0 aliphatic rings. The van der Waals surface area contributed by atoms with Gasteiger partial charge < -0.3 is 4.79 Å². The van der Waals surface area contributed by atoms with Crippen LogP contribution in [0.25, 0.3) is 0 Å². The fourth-order valence-corrected chi connectivity index (χ4v) is 4.24. The lowest BCUT2D eigenvalue weighted by atomic mass is 10.3. The molecular weight excluding hydrogens is 267 g/mol. The van der Waals surface area contributed by atoms with Gasteiger partial charge in [-0.05, 0) is 17.0 Å². The lowest BCUT2D eigenvalue weighted by molar-refractivity contribution is -0.111. The van der Waals surface area contributed by atoms with Gasteiger partial charge in [-0.3, -0.25) is 4.79 Å². The SMILES string of the molecule is O=CCCCC(=O)P(c1ccccc1)c1ccccc1. The molecule has 2 aromatic carbocycles. The van der Waals surface area contributed by atoms with Crippen LogP contribution in [-0.4, -0.2) is 11.8 Å². The van der Waals surface area contributed by atoms with E-state index in [1.54, 1.807) is 0 Å². The smallest absolute Gasteiger partial charge is 0.163 e. The van der Waals surface area contributed by atoms with E-state index in [1.165, 1.54) is 0 Å². The first kappa shape index (κ1) is 14.6. The fourth-order valence-electron chi connectivity index (χ4n) is 2.04. The Morgan fingerprint density at radius 3 is 1.85 bits per heavy atom. The molecule has 2 aromatic rings. The molecule has 102 valence electrons. The molecule has 0 unspecified atom stereocenters. The monoisotopic (exact) mass is 284 g/mol. The van der Waals surface area contributed by atoms with Crippen LogP contribution < -0.4 is 10.6 Å². The first-order valence-corrected chi connectivity index (χ1v) is 8.04. The Balaban J connectivity index is 2.25. The highest BCUT2D eigenvalue weighted by atomic mass is 31.1. The molecule has 3 heteroatoms. The van der Waals surface area contributed by atoms with Gasteiger partial charge in [0.2, 0.25) is 0 Å². The summed E-state index contributed by atoms with van der Waals surface area (Å²) in [5.41, 5.74) is 0.235. The highest BCUT2D eigenvalue weighted by Crippen LogP contribution is 2.36. The molecule has 2 rings (SSSR count). The van der Waals surface area contributed by atoms with Crippen molar-refractivity contribution in [1.82, 2.24) is 0 Å². The number of hydrogen-bond acceptors (Lipinski definition) is 2. The highest BCUT2D eigenvalue weighted by molar-refractivity contribution is 7.87. The average molecular weight is 284 g/mol. The number of carbonyl (C=O) groups is 2. The van der Waals surface area contributed by atoms with Crippen molar-refractivity contribution in [3.05, 3.63) is 60.7 Å². The Morgan fingerprint density at radius 2 is 1.40 bits per heavy atom. The largest absolute Gasteiger partial charge is 0.303 e. The summed E-state index contributed by atoms with van der Waals surface area (Å²) in [6.07, 6.45) is 2.44. The Morgan fingerprint density at radius 1 is 0.900 bits per heavy atom. The van der Waals surface area contributed by atoms with Gasteiger partial charge in [0.15, 0.2) is 5.52 Å². The van der Waals surface area contributed by atoms with Gasteiger partial charge in [0.1, 0.15) is 6.29 Å². The predicted octanol–water partition coefficient (Wildman–Crippen LogP) is 3.02. The lowest BCUT2D eigenvalue weighted by Crippen LogP contribution is -2.17. The molecule has 0 aromatic heterocycles. The Hall–Kier alpha value is -1.79. The van der Waals surface area contributed by atoms with Crippen molar-refractivity contribution in [2.45, 2.75) is 19.3 Å². The van der Waals surface area contributed by atoms with Crippen LogP contribution in [0.1, 0.15) is 19.3 Å². The maximum absolute atomic E-state index is 12.5. The van der Waals surface area contributed by atoms with Crippen molar-refractivity contribution in [2.75, 3.05) is 0 Å². The molecule has 0 saturated heterocycles. The van der Waals surface area contributed by atoms with Crippen molar-refractivity contribution in [1.29, 1.82) is 0 Å². The zero-order chi connectivity index (χ0) is 14.2. The van der Waals surface area contributed by atoms with Crippen LogP contribution in [0.2, 0.25) is 0 Å². The van der Waals surface area contributed by atoms with Gasteiger partial charge >= 0.3 is 0 Å². The zero-order valence-electron chi connectivity index (χ0n) is 11.2. The Bertz CT molecular complexity index is 512. The second-order valence-electron chi connectivity index (χ2n) is 4.46. The third kappa shape index (κ3) is 3.85. The molecule has 0 aliphatic heterocycles. The molecule has 20 heavy (non-hydrogen) atoms. The first-order valence-electron chi connectivity index (χ1n) is 6.69. The molecule has 0 atom stereocenters. The van der Waals surface area contributed by atoms with Gasteiger partial charge in [-0.1, -0.05) is 60.7 Å². The summed E-state index contributed by atoms with van der Waals surface area (Å²) < 4.78 is 0. The number of hydrogen-bond donors (Lipinski definition) is 0. The number of benzene rings is 2. The van der Waals surface area contributed by atoms with Crippen LogP contribution in [0.5, 0.6) is 0 Å².